The number of carbonyl (C=O) groups is 2. The van der Waals surface area contributed by atoms with Crippen LogP contribution in [0, 0.1) is 0 Å². The van der Waals surface area contributed by atoms with Crippen molar-refractivity contribution in [3.63, 3.8) is 0 Å². The van der Waals surface area contributed by atoms with Crippen LogP contribution >= 0.6 is 0 Å². The number of nitrogens with zero attached hydrogens (tertiary/aromatic N) is 2. The normalized spacial score (nSPS) is 10.5. The number of likely N-dealkylation sites (N-methyl/N-ethyl adjacent to an activating group) is 2. The van der Waals surface area contributed by atoms with E-state index in [9.17, 15) is 9.59 Å². The summed E-state index contributed by atoms with van der Waals surface area (Å²) in [5.74, 6) is -0.178. The highest BCUT2D eigenvalue weighted by Crippen LogP contribution is 2.27. The number of nitrogens with one attached hydrogen (secondary N) is 1. The van der Waals surface area contributed by atoms with Gasteiger partial charge >= 0.3 is 0 Å². The molecule has 0 aliphatic heterocycles. The molecule has 2 aromatic carbocycles. The second kappa shape index (κ2) is 8.26. The van der Waals surface area contributed by atoms with E-state index >= 15 is 0 Å². The summed E-state index contributed by atoms with van der Waals surface area (Å²) >= 11 is 0. The second-order valence-corrected chi connectivity index (χ2v) is 5.92. The van der Waals surface area contributed by atoms with Gasteiger partial charge in [-0.15, -0.1) is 0 Å². The van der Waals surface area contributed by atoms with Crippen LogP contribution in [0.5, 0.6) is 0 Å². The molecule has 1 N–H and O–H groups in total. The molecule has 24 heavy (non-hydrogen) atoms. The van der Waals surface area contributed by atoms with Gasteiger partial charge in [0.1, 0.15) is 0 Å². The van der Waals surface area contributed by atoms with Gasteiger partial charge in [0.25, 0.3) is 0 Å². The van der Waals surface area contributed by atoms with E-state index in [1.54, 1.807) is 26.0 Å². The lowest BCUT2D eigenvalue weighted by atomic mass is 10.0. The average molecular weight is 325 g/mol. The molecule has 0 atom stereocenters. The van der Waals surface area contributed by atoms with E-state index in [4.69, 9.17) is 0 Å². The Bertz CT molecular complexity index is 699. The van der Waals surface area contributed by atoms with Gasteiger partial charge < -0.3 is 10.2 Å². The minimum absolute atomic E-state index is 0.0324. The minimum Gasteiger partial charge on any atom is -0.348 e. The summed E-state index contributed by atoms with van der Waals surface area (Å²) in [6, 6.07) is 17.6. The zero-order valence-electron chi connectivity index (χ0n) is 14.3. The number of hydrogen-bond donors (Lipinski definition) is 1. The molecule has 2 amide bonds. The summed E-state index contributed by atoms with van der Waals surface area (Å²) in [7, 11) is 5.16. The molecule has 0 aliphatic rings. The van der Waals surface area contributed by atoms with Crippen molar-refractivity contribution in [2.24, 2.45) is 0 Å². The maximum absolute atomic E-state index is 12.3. The van der Waals surface area contributed by atoms with Crippen LogP contribution < -0.4 is 5.32 Å². The third kappa shape index (κ3) is 4.93. The lowest BCUT2D eigenvalue weighted by Crippen LogP contribution is -2.38. The maximum Gasteiger partial charge on any atom is 0.238 e. The number of para-hydroxylation sites is 1. The molecule has 5 nitrogen and oxygen atoms in total. The van der Waals surface area contributed by atoms with Gasteiger partial charge in [-0.25, -0.2) is 0 Å². The summed E-state index contributed by atoms with van der Waals surface area (Å²) in [5, 5.41) is 2.94. The van der Waals surface area contributed by atoms with Crippen LogP contribution in [0.1, 0.15) is 0 Å². The van der Waals surface area contributed by atoms with Crippen molar-refractivity contribution in [3.8, 4) is 11.1 Å². The van der Waals surface area contributed by atoms with Gasteiger partial charge in [0.15, 0.2) is 0 Å². The zero-order chi connectivity index (χ0) is 17.5. The third-order valence-corrected chi connectivity index (χ3v) is 3.60. The smallest absolute Gasteiger partial charge is 0.238 e. The lowest BCUT2D eigenvalue weighted by molar-refractivity contribution is -0.130. The predicted molar refractivity (Wildman–Crippen MR) is 96.7 cm³/mol. The third-order valence-electron chi connectivity index (χ3n) is 3.60. The molecule has 0 saturated carbocycles. The standard InChI is InChI=1S/C19H23N3O2/c1-21(2)19(24)14-22(3)13-18(23)20-17-12-8-7-11-16(17)15-9-5-4-6-10-15/h4-12H,13-14H2,1-3H3,(H,20,23). The van der Waals surface area contributed by atoms with Crippen LogP contribution in [0.2, 0.25) is 0 Å². The van der Waals surface area contributed by atoms with Gasteiger partial charge in [-0.3, -0.25) is 14.5 Å². The Morgan fingerprint density at radius 3 is 2.17 bits per heavy atom. The highest BCUT2D eigenvalue weighted by molar-refractivity contribution is 5.96. The molecule has 0 radical (unpaired) electrons. The quantitative estimate of drug-likeness (QED) is 0.887. The summed E-state index contributed by atoms with van der Waals surface area (Å²) in [4.78, 5) is 27.2. The number of amides is 2. The van der Waals surface area contributed by atoms with E-state index in [1.165, 1.54) is 4.90 Å². The van der Waals surface area contributed by atoms with Gasteiger partial charge in [-0.1, -0.05) is 48.5 Å². The number of anilines is 1. The molecule has 0 heterocycles. The van der Waals surface area contributed by atoms with Gasteiger partial charge in [0, 0.05) is 25.3 Å². The molecule has 0 spiro atoms. The van der Waals surface area contributed by atoms with Gasteiger partial charge in [0.2, 0.25) is 11.8 Å². The zero-order valence-corrected chi connectivity index (χ0v) is 14.3. The average Bonchev–Trinajstić information content (AvgIpc) is 2.55. The first-order chi connectivity index (χ1) is 11.5. The van der Waals surface area contributed by atoms with E-state index < -0.39 is 0 Å². The monoisotopic (exact) mass is 325 g/mol. The number of carbonyl (C=O) groups excluding carboxylic acids is 2. The Morgan fingerprint density at radius 2 is 1.50 bits per heavy atom. The molecule has 0 saturated heterocycles. The van der Waals surface area contributed by atoms with Crippen LogP contribution in [-0.4, -0.2) is 55.8 Å². The fourth-order valence-corrected chi connectivity index (χ4v) is 2.32. The molecule has 0 aliphatic carbocycles. The summed E-state index contributed by atoms with van der Waals surface area (Å²) in [5.41, 5.74) is 2.78. The summed E-state index contributed by atoms with van der Waals surface area (Å²) in [6.45, 7) is 0.365. The predicted octanol–water partition coefficient (Wildman–Crippen LogP) is 2.31. The van der Waals surface area contributed by atoms with Crippen molar-refractivity contribution >= 4 is 17.5 Å². The maximum atomic E-state index is 12.3. The van der Waals surface area contributed by atoms with Crippen molar-refractivity contribution in [2.45, 2.75) is 0 Å². The molecule has 0 fully saturated rings. The fraction of sp³-hybridized carbons (Fsp3) is 0.263. The molecule has 2 rings (SSSR count). The number of hydrogen-bond acceptors (Lipinski definition) is 3. The summed E-state index contributed by atoms with van der Waals surface area (Å²) < 4.78 is 0. The fourth-order valence-electron chi connectivity index (χ4n) is 2.32. The highest BCUT2D eigenvalue weighted by Gasteiger charge is 2.13. The Balaban J connectivity index is 2.04. The highest BCUT2D eigenvalue weighted by atomic mass is 16.2. The van der Waals surface area contributed by atoms with E-state index in [0.29, 0.717) is 0 Å². The van der Waals surface area contributed by atoms with Crippen LogP contribution in [-0.2, 0) is 9.59 Å². The van der Waals surface area contributed by atoms with Crippen molar-refractivity contribution < 1.29 is 9.59 Å². The first-order valence-corrected chi connectivity index (χ1v) is 7.80. The molecular formula is C19H23N3O2. The SMILES string of the molecule is CN(CC(=O)Nc1ccccc1-c1ccccc1)CC(=O)N(C)C. The van der Waals surface area contributed by atoms with Gasteiger partial charge in [-0.05, 0) is 18.7 Å². The largest absolute Gasteiger partial charge is 0.348 e. The topological polar surface area (TPSA) is 52.7 Å². The lowest BCUT2D eigenvalue weighted by Gasteiger charge is -2.19. The van der Waals surface area contributed by atoms with E-state index in [1.807, 2.05) is 54.6 Å². The van der Waals surface area contributed by atoms with Crippen LogP contribution in [0.4, 0.5) is 5.69 Å². The first kappa shape index (κ1) is 17.7. The van der Waals surface area contributed by atoms with Crippen molar-refractivity contribution in [3.05, 3.63) is 54.6 Å². The Labute approximate surface area is 142 Å². The van der Waals surface area contributed by atoms with Crippen molar-refractivity contribution in [1.29, 1.82) is 0 Å². The van der Waals surface area contributed by atoms with Crippen LogP contribution in [0.25, 0.3) is 11.1 Å². The molecule has 0 aromatic heterocycles. The Morgan fingerprint density at radius 1 is 0.875 bits per heavy atom. The van der Waals surface area contributed by atoms with Crippen LogP contribution in [0.15, 0.2) is 54.6 Å². The molecule has 0 unspecified atom stereocenters. The van der Waals surface area contributed by atoms with Crippen molar-refractivity contribution in [1.82, 2.24) is 9.80 Å². The van der Waals surface area contributed by atoms with Crippen molar-refractivity contribution in [2.75, 3.05) is 39.5 Å². The van der Waals surface area contributed by atoms with E-state index in [2.05, 4.69) is 5.32 Å². The van der Waals surface area contributed by atoms with E-state index in [0.717, 1.165) is 16.8 Å². The summed E-state index contributed by atoms with van der Waals surface area (Å²) in [6.07, 6.45) is 0. The Hall–Kier alpha value is -2.66. The molecular weight excluding hydrogens is 302 g/mol. The van der Waals surface area contributed by atoms with Gasteiger partial charge in [0.05, 0.1) is 13.1 Å². The number of benzene rings is 2. The van der Waals surface area contributed by atoms with Crippen LogP contribution in [0.3, 0.4) is 0 Å². The molecule has 126 valence electrons. The molecule has 5 heteroatoms. The number of rotatable bonds is 6. The van der Waals surface area contributed by atoms with Gasteiger partial charge in [-0.2, -0.15) is 0 Å². The Kier molecular flexibility index (Phi) is 6.09. The minimum atomic E-state index is -0.146. The molecule has 0 bridgehead atoms. The second-order valence-electron chi connectivity index (χ2n) is 5.92. The molecule has 2 aromatic rings. The first-order valence-electron chi connectivity index (χ1n) is 7.80. The van der Waals surface area contributed by atoms with E-state index in [-0.39, 0.29) is 24.9 Å².